The third-order valence-corrected chi connectivity index (χ3v) is 6.05. The molecule has 1 aromatic carbocycles. The minimum atomic E-state index is -0.649. The number of carbonyl (C=O) groups excluding carboxylic acids is 1. The van der Waals surface area contributed by atoms with Gasteiger partial charge in [0.1, 0.15) is 5.75 Å². The van der Waals surface area contributed by atoms with E-state index in [-0.39, 0.29) is 18.3 Å². The molecule has 33 heavy (non-hydrogen) atoms. The van der Waals surface area contributed by atoms with E-state index in [9.17, 15) is 9.59 Å². The molecule has 170 valence electrons. The monoisotopic (exact) mass is 463 g/mol. The van der Waals surface area contributed by atoms with E-state index in [1.807, 2.05) is 50.2 Å². The molecule has 0 aliphatic carbocycles. The van der Waals surface area contributed by atoms with Crippen LogP contribution in [0.1, 0.15) is 44.9 Å². The van der Waals surface area contributed by atoms with E-state index in [1.54, 1.807) is 36.9 Å². The van der Waals surface area contributed by atoms with Crippen molar-refractivity contribution in [3.05, 3.63) is 90.9 Å². The summed E-state index contributed by atoms with van der Waals surface area (Å²) in [5, 5.41) is 0. The molecule has 1 aliphatic heterocycles. The highest BCUT2D eigenvalue weighted by Gasteiger charge is 2.33. The summed E-state index contributed by atoms with van der Waals surface area (Å²) in [5.41, 5.74) is 2.27. The SMILES string of the molecule is CCOC(=O)C1=C(C)N=c2sc(=Cc3cccnc3)c(=O)n2[C@H]1c1ccc(OC(C)C)cc1. The summed E-state index contributed by atoms with van der Waals surface area (Å²) in [6.45, 7) is 7.67. The summed E-state index contributed by atoms with van der Waals surface area (Å²) in [6.07, 6.45) is 5.20. The van der Waals surface area contributed by atoms with Gasteiger partial charge in [-0.2, -0.15) is 0 Å². The number of hydrogen-bond donors (Lipinski definition) is 0. The molecular weight excluding hydrogens is 438 g/mol. The van der Waals surface area contributed by atoms with Gasteiger partial charge in [-0.25, -0.2) is 9.79 Å². The maximum atomic E-state index is 13.5. The van der Waals surface area contributed by atoms with Crippen molar-refractivity contribution in [1.29, 1.82) is 0 Å². The molecule has 0 spiro atoms. The van der Waals surface area contributed by atoms with Gasteiger partial charge in [-0.3, -0.25) is 14.3 Å². The lowest BCUT2D eigenvalue weighted by atomic mass is 9.96. The molecule has 3 aromatic rings. The van der Waals surface area contributed by atoms with Crippen LogP contribution in [0.25, 0.3) is 6.08 Å². The van der Waals surface area contributed by atoms with Crippen molar-refractivity contribution in [2.75, 3.05) is 6.61 Å². The Labute approximate surface area is 195 Å². The van der Waals surface area contributed by atoms with Crippen molar-refractivity contribution in [2.24, 2.45) is 4.99 Å². The Bertz CT molecular complexity index is 1370. The van der Waals surface area contributed by atoms with Crippen LogP contribution in [0.15, 0.2) is 69.8 Å². The molecule has 1 atom stereocenters. The van der Waals surface area contributed by atoms with Gasteiger partial charge in [0.05, 0.1) is 34.6 Å². The van der Waals surface area contributed by atoms with Crippen LogP contribution in [-0.4, -0.2) is 28.2 Å². The number of thiazole rings is 1. The predicted molar refractivity (Wildman–Crippen MR) is 127 cm³/mol. The fraction of sp³-hybridized carbons (Fsp3) is 0.280. The molecule has 4 rings (SSSR count). The zero-order valence-electron chi connectivity index (χ0n) is 18.9. The van der Waals surface area contributed by atoms with Crippen molar-refractivity contribution in [3.63, 3.8) is 0 Å². The summed E-state index contributed by atoms with van der Waals surface area (Å²) in [5.74, 6) is 0.240. The fourth-order valence-electron chi connectivity index (χ4n) is 3.72. The molecule has 3 heterocycles. The average molecular weight is 464 g/mol. The topological polar surface area (TPSA) is 82.8 Å². The molecule has 0 radical (unpaired) electrons. The van der Waals surface area contributed by atoms with E-state index in [2.05, 4.69) is 9.98 Å². The number of pyridine rings is 1. The molecule has 8 heteroatoms. The number of nitrogens with zero attached hydrogens (tertiary/aromatic N) is 3. The summed E-state index contributed by atoms with van der Waals surface area (Å²) < 4.78 is 13.2. The van der Waals surface area contributed by atoms with Crippen molar-refractivity contribution in [1.82, 2.24) is 9.55 Å². The smallest absolute Gasteiger partial charge is 0.338 e. The quantitative estimate of drug-likeness (QED) is 0.525. The number of carbonyl (C=O) groups is 1. The third-order valence-electron chi connectivity index (χ3n) is 5.07. The third kappa shape index (κ3) is 4.66. The van der Waals surface area contributed by atoms with Crippen molar-refractivity contribution >= 4 is 23.4 Å². The number of hydrogen-bond acceptors (Lipinski definition) is 7. The van der Waals surface area contributed by atoms with Crippen LogP contribution in [0.3, 0.4) is 0 Å². The lowest BCUT2D eigenvalue weighted by Crippen LogP contribution is -2.39. The van der Waals surface area contributed by atoms with Crippen LogP contribution in [0.4, 0.5) is 0 Å². The van der Waals surface area contributed by atoms with Gasteiger partial charge in [-0.1, -0.05) is 29.5 Å². The maximum Gasteiger partial charge on any atom is 0.338 e. The van der Waals surface area contributed by atoms with E-state index in [1.165, 1.54) is 11.3 Å². The molecule has 0 unspecified atom stereocenters. The van der Waals surface area contributed by atoms with E-state index in [0.717, 1.165) is 16.9 Å². The fourth-order valence-corrected chi connectivity index (χ4v) is 4.77. The van der Waals surface area contributed by atoms with Crippen LogP contribution in [-0.2, 0) is 9.53 Å². The number of fused-ring (bicyclic) bond motifs is 1. The van der Waals surface area contributed by atoms with E-state index >= 15 is 0 Å². The number of allylic oxidation sites excluding steroid dienone is 1. The highest BCUT2D eigenvalue weighted by Crippen LogP contribution is 2.31. The second kappa shape index (κ2) is 9.54. The normalized spacial score (nSPS) is 15.9. The number of benzene rings is 1. The lowest BCUT2D eigenvalue weighted by molar-refractivity contribution is -0.139. The Kier molecular flexibility index (Phi) is 6.55. The highest BCUT2D eigenvalue weighted by atomic mass is 32.1. The second-order valence-electron chi connectivity index (χ2n) is 7.82. The molecule has 1 aliphatic rings. The first-order chi connectivity index (χ1) is 15.9. The highest BCUT2D eigenvalue weighted by molar-refractivity contribution is 7.07. The van der Waals surface area contributed by atoms with E-state index in [4.69, 9.17) is 9.47 Å². The zero-order valence-corrected chi connectivity index (χ0v) is 19.8. The number of aromatic nitrogens is 2. The molecule has 0 saturated carbocycles. The Hall–Kier alpha value is -3.52. The number of ether oxygens (including phenoxy) is 2. The summed E-state index contributed by atoms with van der Waals surface area (Å²) in [6, 6.07) is 10.5. The number of rotatable bonds is 6. The Morgan fingerprint density at radius 2 is 2.00 bits per heavy atom. The molecule has 2 aromatic heterocycles. The lowest BCUT2D eigenvalue weighted by Gasteiger charge is -2.25. The van der Waals surface area contributed by atoms with Crippen LogP contribution < -0.4 is 19.6 Å². The van der Waals surface area contributed by atoms with Crippen LogP contribution >= 0.6 is 11.3 Å². The maximum absolute atomic E-state index is 13.5. The second-order valence-corrected chi connectivity index (χ2v) is 8.83. The molecule has 0 amide bonds. The standard InChI is InChI=1S/C25H25N3O4S/c1-5-31-24(30)21-16(4)27-25-28(22(21)18-8-10-19(11-9-18)32-15(2)3)23(29)20(33-25)13-17-7-6-12-26-14-17/h6-15,22H,5H2,1-4H3/t22-/m0/s1. The predicted octanol–water partition coefficient (Wildman–Crippen LogP) is 2.98. The summed E-state index contributed by atoms with van der Waals surface area (Å²) in [4.78, 5) is 35.7. The first-order valence-electron chi connectivity index (χ1n) is 10.8. The molecule has 0 saturated heterocycles. The molecular formula is C25H25N3O4S. The van der Waals surface area contributed by atoms with Gasteiger partial charge in [0.15, 0.2) is 4.80 Å². The number of esters is 1. The molecule has 0 bridgehead atoms. The van der Waals surface area contributed by atoms with Gasteiger partial charge in [0.2, 0.25) is 0 Å². The Morgan fingerprint density at radius 1 is 1.24 bits per heavy atom. The Balaban J connectivity index is 1.90. The first kappa shape index (κ1) is 22.7. The zero-order chi connectivity index (χ0) is 23.5. The van der Waals surface area contributed by atoms with Gasteiger partial charge in [-0.05, 0) is 63.1 Å². The van der Waals surface area contributed by atoms with Crippen LogP contribution in [0.2, 0.25) is 0 Å². The van der Waals surface area contributed by atoms with Crippen molar-refractivity contribution in [2.45, 2.75) is 39.8 Å². The molecule has 7 nitrogen and oxygen atoms in total. The average Bonchev–Trinajstić information content (AvgIpc) is 3.08. The van der Waals surface area contributed by atoms with Gasteiger partial charge in [0.25, 0.3) is 5.56 Å². The molecule has 0 fully saturated rings. The first-order valence-corrected chi connectivity index (χ1v) is 11.6. The Morgan fingerprint density at radius 3 is 2.64 bits per heavy atom. The van der Waals surface area contributed by atoms with Crippen LogP contribution in [0, 0.1) is 0 Å². The minimum Gasteiger partial charge on any atom is -0.491 e. The summed E-state index contributed by atoms with van der Waals surface area (Å²) >= 11 is 1.29. The van der Waals surface area contributed by atoms with E-state index in [0.29, 0.717) is 20.6 Å². The largest absolute Gasteiger partial charge is 0.491 e. The summed E-state index contributed by atoms with van der Waals surface area (Å²) in [7, 11) is 0. The van der Waals surface area contributed by atoms with Gasteiger partial charge in [0, 0.05) is 12.4 Å². The van der Waals surface area contributed by atoms with E-state index < -0.39 is 12.0 Å². The van der Waals surface area contributed by atoms with Gasteiger partial charge >= 0.3 is 5.97 Å². The molecule has 0 N–H and O–H groups in total. The van der Waals surface area contributed by atoms with Crippen LogP contribution in [0.5, 0.6) is 5.75 Å². The minimum absolute atomic E-state index is 0.0400. The van der Waals surface area contributed by atoms with Crippen molar-refractivity contribution < 1.29 is 14.3 Å². The van der Waals surface area contributed by atoms with Crippen molar-refractivity contribution in [3.8, 4) is 5.75 Å². The van der Waals surface area contributed by atoms with Gasteiger partial charge in [-0.15, -0.1) is 0 Å². The van der Waals surface area contributed by atoms with Gasteiger partial charge < -0.3 is 9.47 Å².